The summed E-state index contributed by atoms with van der Waals surface area (Å²) in [5, 5.41) is 3.60. The van der Waals surface area contributed by atoms with Gasteiger partial charge in [-0.1, -0.05) is 60.1 Å². The van der Waals surface area contributed by atoms with Crippen LogP contribution >= 0.6 is 11.6 Å². The molecule has 3 aliphatic rings. The number of para-hydroxylation sites is 1. The summed E-state index contributed by atoms with van der Waals surface area (Å²) in [6.07, 6.45) is 5.26. The van der Waals surface area contributed by atoms with E-state index in [1.807, 2.05) is 71.3 Å². The van der Waals surface area contributed by atoms with E-state index in [0.29, 0.717) is 35.4 Å². The van der Waals surface area contributed by atoms with Gasteiger partial charge < -0.3 is 29.2 Å². The van der Waals surface area contributed by atoms with Crippen molar-refractivity contribution in [3.05, 3.63) is 106 Å². The molecular weight excluding hydrogens is 576 g/mol. The van der Waals surface area contributed by atoms with Crippen molar-refractivity contribution < 1.29 is 19.1 Å². The summed E-state index contributed by atoms with van der Waals surface area (Å²) in [5.74, 6) is -1.71. The number of allylic oxidation sites excluding steroid dienone is 2. The number of benzene rings is 2. The fraction of sp³-hybridized carbons (Fsp3) is 0.371. The number of aromatic nitrogens is 1. The van der Waals surface area contributed by atoms with Crippen molar-refractivity contribution in [2.45, 2.75) is 50.6 Å². The van der Waals surface area contributed by atoms with Gasteiger partial charge in [-0.25, -0.2) is 0 Å². The fourth-order valence-electron chi connectivity index (χ4n) is 6.76. The molecule has 1 N–H and O–H groups in total. The second-order valence-electron chi connectivity index (χ2n) is 11.7. The molecule has 44 heavy (non-hydrogen) atoms. The molecule has 2 aliphatic heterocycles. The quantitative estimate of drug-likeness (QED) is 0.336. The Balaban J connectivity index is 1.31. The third kappa shape index (κ3) is 5.63. The number of halogens is 1. The van der Waals surface area contributed by atoms with Gasteiger partial charge in [0.05, 0.1) is 18.7 Å². The summed E-state index contributed by atoms with van der Waals surface area (Å²) in [6.45, 7) is 2.47. The molecule has 0 bridgehead atoms. The number of rotatable bonds is 8. The molecule has 1 aromatic heterocycles. The fourth-order valence-corrected chi connectivity index (χ4v) is 7.04. The van der Waals surface area contributed by atoms with E-state index in [2.05, 4.69) is 17.3 Å². The van der Waals surface area contributed by atoms with Gasteiger partial charge in [-0.3, -0.25) is 9.59 Å². The van der Waals surface area contributed by atoms with E-state index < -0.39 is 5.79 Å². The molecule has 2 aromatic carbocycles. The first-order chi connectivity index (χ1) is 21.3. The monoisotopic (exact) mass is 614 g/mol. The highest BCUT2D eigenvalue weighted by Crippen LogP contribution is 2.43. The average molecular weight is 615 g/mol. The van der Waals surface area contributed by atoms with Gasteiger partial charge in [-0.15, -0.1) is 0 Å². The Hall–Kier alpha value is -3.69. The highest BCUT2D eigenvalue weighted by molar-refractivity contribution is 6.35. The second kappa shape index (κ2) is 12.7. The Bertz CT molecular complexity index is 1610. The van der Waals surface area contributed by atoms with Gasteiger partial charge in [0.1, 0.15) is 5.69 Å². The Morgan fingerprint density at radius 3 is 2.48 bits per heavy atom. The number of carbonyl (C=O) groups is 2. The number of hydrogen-bond donors (Lipinski definition) is 1. The van der Waals surface area contributed by atoms with Gasteiger partial charge in [-0.2, -0.15) is 0 Å². The van der Waals surface area contributed by atoms with E-state index in [4.69, 9.17) is 21.1 Å². The van der Waals surface area contributed by atoms with Crippen LogP contribution in [-0.2, 0) is 27.4 Å². The van der Waals surface area contributed by atoms with Gasteiger partial charge in [0.15, 0.2) is 0 Å². The molecule has 3 heterocycles. The third-order valence-electron chi connectivity index (χ3n) is 9.31. The zero-order chi connectivity index (χ0) is 30.8. The van der Waals surface area contributed by atoms with E-state index in [0.717, 1.165) is 41.0 Å². The number of nitrogens with one attached hydrogen (secondary N) is 1. The molecule has 6 rings (SSSR count). The van der Waals surface area contributed by atoms with Crippen molar-refractivity contribution in [3.8, 4) is 0 Å². The molecule has 8 nitrogen and oxygen atoms in total. The van der Waals surface area contributed by atoms with Gasteiger partial charge >= 0.3 is 0 Å². The van der Waals surface area contributed by atoms with Crippen LogP contribution in [0.1, 0.15) is 53.0 Å². The van der Waals surface area contributed by atoms with Gasteiger partial charge in [0.25, 0.3) is 11.8 Å². The summed E-state index contributed by atoms with van der Waals surface area (Å²) < 4.78 is 13.9. The highest BCUT2D eigenvalue weighted by atomic mass is 35.5. The molecular formula is C35H39ClN4O4. The van der Waals surface area contributed by atoms with E-state index in [9.17, 15) is 9.59 Å². The molecule has 2 amide bonds. The third-order valence-corrected chi connectivity index (χ3v) is 9.64. The van der Waals surface area contributed by atoms with Crippen LogP contribution < -0.4 is 10.2 Å². The zero-order valence-corrected chi connectivity index (χ0v) is 26.3. The van der Waals surface area contributed by atoms with Crippen molar-refractivity contribution in [1.29, 1.82) is 0 Å². The first kappa shape index (κ1) is 30.3. The van der Waals surface area contributed by atoms with Gasteiger partial charge in [0, 0.05) is 49.6 Å². The number of amides is 2. The molecule has 0 saturated carbocycles. The van der Waals surface area contributed by atoms with Crippen molar-refractivity contribution in [2.24, 2.45) is 0 Å². The average Bonchev–Trinajstić information content (AvgIpc) is 3.60. The van der Waals surface area contributed by atoms with Crippen molar-refractivity contribution >= 4 is 34.7 Å². The van der Waals surface area contributed by atoms with E-state index in [-0.39, 0.29) is 24.8 Å². The first-order valence-corrected chi connectivity index (χ1v) is 15.6. The lowest BCUT2D eigenvalue weighted by atomic mass is 9.87. The maximum atomic E-state index is 14.6. The Morgan fingerprint density at radius 1 is 1.00 bits per heavy atom. The van der Waals surface area contributed by atoms with Crippen molar-refractivity contribution in [3.63, 3.8) is 0 Å². The number of nitrogens with zero attached hydrogens (tertiary/aromatic N) is 3. The second-order valence-corrected chi connectivity index (χ2v) is 12.1. The molecule has 1 fully saturated rings. The summed E-state index contributed by atoms with van der Waals surface area (Å²) in [6, 6.07) is 21.9. The lowest BCUT2D eigenvalue weighted by Gasteiger charge is -2.38. The van der Waals surface area contributed by atoms with E-state index in [1.54, 1.807) is 25.2 Å². The summed E-state index contributed by atoms with van der Waals surface area (Å²) in [5.41, 5.74) is 5.25. The number of ether oxygens (including phenoxy) is 2. The van der Waals surface area contributed by atoms with Crippen molar-refractivity contribution in [1.82, 2.24) is 14.8 Å². The molecule has 1 aliphatic carbocycles. The topological polar surface area (TPSA) is 76.0 Å². The first-order valence-electron chi connectivity index (χ1n) is 15.2. The van der Waals surface area contributed by atoms with Crippen molar-refractivity contribution in [2.75, 3.05) is 39.3 Å². The van der Waals surface area contributed by atoms with Crippen LogP contribution in [0.15, 0.2) is 83.4 Å². The minimum atomic E-state index is -1.33. The van der Waals surface area contributed by atoms with Crippen LogP contribution in [0, 0.1) is 0 Å². The summed E-state index contributed by atoms with van der Waals surface area (Å²) in [4.78, 5) is 32.0. The molecule has 1 atom stereocenters. The normalized spacial score (nSPS) is 19.7. The van der Waals surface area contributed by atoms with E-state index >= 15 is 0 Å². The molecule has 1 unspecified atom stereocenters. The van der Waals surface area contributed by atoms with Crippen LogP contribution in [0.2, 0.25) is 0 Å². The lowest BCUT2D eigenvalue weighted by Crippen LogP contribution is -2.46. The van der Waals surface area contributed by atoms with Crippen LogP contribution in [0.5, 0.6) is 0 Å². The predicted octanol–water partition coefficient (Wildman–Crippen LogP) is 5.57. The minimum absolute atomic E-state index is 0.104. The molecule has 0 spiro atoms. The van der Waals surface area contributed by atoms with Crippen LogP contribution in [0.3, 0.4) is 0 Å². The predicted molar refractivity (Wildman–Crippen MR) is 172 cm³/mol. The molecule has 9 heteroatoms. The maximum absolute atomic E-state index is 14.6. The number of hydrogen-bond acceptors (Lipinski definition) is 5. The smallest absolute Gasteiger partial charge is 0.267 e. The highest BCUT2D eigenvalue weighted by Gasteiger charge is 2.45. The number of likely N-dealkylation sites (tertiary alicyclic amines) is 1. The lowest BCUT2D eigenvalue weighted by molar-refractivity contribution is -0.178. The number of anilines is 1. The van der Waals surface area contributed by atoms with Gasteiger partial charge in [0.2, 0.25) is 5.79 Å². The Labute approximate surface area is 263 Å². The molecule has 230 valence electrons. The zero-order valence-electron chi connectivity index (χ0n) is 25.5. The number of carbonyl (C=O) groups excluding carboxylic acids is 2. The number of methoxy groups -OCH3 is 2. The summed E-state index contributed by atoms with van der Waals surface area (Å²) in [7, 11) is 5.24. The SMILES string of the molecule is COC1(OC)CC(c2ccccc2)=C(Cl)C=C1C(=O)N1Cc2ccc(C(=O)NCCC3CCCN3C)n2Cc2ccccc21. The number of fused-ring (bicyclic) bond motifs is 2. The van der Waals surface area contributed by atoms with Crippen LogP contribution in [-0.4, -0.2) is 67.5 Å². The Kier molecular flexibility index (Phi) is 8.78. The molecule has 3 aromatic rings. The Morgan fingerprint density at radius 2 is 1.75 bits per heavy atom. The molecule has 0 radical (unpaired) electrons. The van der Waals surface area contributed by atoms with E-state index in [1.165, 1.54) is 12.8 Å². The van der Waals surface area contributed by atoms with Crippen LogP contribution in [0.25, 0.3) is 5.57 Å². The standard InChI is InChI=1S/C35H39ClN4O4/c1-38-19-9-13-26(38)17-18-37-33(41)32-16-15-27-23-40(31-14-8-7-12-25(31)22-39(27)32)34(42)29-20-30(36)28(21-35(29,43-2)44-3)24-10-5-4-6-11-24/h4-8,10-12,14-16,20,26H,9,13,17-19,21-23H2,1-3H3,(H,37,41). The minimum Gasteiger partial charge on any atom is -0.351 e. The van der Waals surface area contributed by atoms with Crippen LogP contribution in [0.4, 0.5) is 5.69 Å². The largest absolute Gasteiger partial charge is 0.351 e. The van der Waals surface area contributed by atoms with Gasteiger partial charge in [-0.05, 0) is 73.8 Å². The summed E-state index contributed by atoms with van der Waals surface area (Å²) >= 11 is 6.85. The molecule has 1 saturated heterocycles. The maximum Gasteiger partial charge on any atom is 0.267 e.